The molecule has 0 bridgehead atoms. The molecular formula is C15H19FN4O3. The van der Waals surface area contributed by atoms with Crippen molar-refractivity contribution in [3.8, 4) is 5.69 Å². The highest BCUT2D eigenvalue weighted by Gasteiger charge is 2.19. The SMILES string of the molecule is Cc1nc(C(=O)NOC(CO)C(C)C)nn1-c1ccc(F)cc1. The number of hydrogen-bond acceptors (Lipinski definition) is 5. The lowest BCUT2D eigenvalue weighted by Crippen LogP contribution is -2.35. The van der Waals surface area contributed by atoms with E-state index in [2.05, 4.69) is 15.6 Å². The van der Waals surface area contributed by atoms with Crippen molar-refractivity contribution in [1.82, 2.24) is 20.2 Å². The maximum absolute atomic E-state index is 13.0. The van der Waals surface area contributed by atoms with Crippen LogP contribution in [0.2, 0.25) is 0 Å². The van der Waals surface area contributed by atoms with Gasteiger partial charge >= 0.3 is 5.91 Å². The molecule has 1 atom stereocenters. The summed E-state index contributed by atoms with van der Waals surface area (Å²) in [6.45, 7) is 5.18. The first-order valence-corrected chi connectivity index (χ1v) is 7.18. The number of nitrogens with one attached hydrogen (secondary N) is 1. The van der Waals surface area contributed by atoms with Gasteiger partial charge in [-0.25, -0.2) is 19.5 Å². The summed E-state index contributed by atoms with van der Waals surface area (Å²) < 4.78 is 14.4. The van der Waals surface area contributed by atoms with E-state index in [1.54, 1.807) is 6.92 Å². The number of rotatable bonds is 6. The van der Waals surface area contributed by atoms with Crippen molar-refractivity contribution in [1.29, 1.82) is 0 Å². The van der Waals surface area contributed by atoms with E-state index >= 15 is 0 Å². The molecule has 0 saturated carbocycles. The van der Waals surface area contributed by atoms with Crippen LogP contribution in [0, 0.1) is 18.7 Å². The molecule has 0 aliphatic heterocycles. The van der Waals surface area contributed by atoms with Crippen LogP contribution in [0.3, 0.4) is 0 Å². The maximum atomic E-state index is 13.0. The fraction of sp³-hybridized carbons (Fsp3) is 0.400. The molecule has 1 aromatic heterocycles. The van der Waals surface area contributed by atoms with Crippen molar-refractivity contribution in [3.63, 3.8) is 0 Å². The van der Waals surface area contributed by atoms with E-state index in [4.69, 9.17) is 9.94 Å². The van der Waals surface area contributed by atoms with Crippen LogP contribution in [0.15, 0.2) is 24.3 Å². The zero-order valence-corrected chi connectivity index (χ0v) is 13.2. The second-order valence-corrected chi connectivity index (χ2v) is 5.38. The van der Waals surface area contributed by atoms with Gasteiger partial charge in [-0.1, -0.05) is 13.8 Å². The van der Waals surface area contributed by atoms with Crippen LogP contribution in [0.5, 0.6) is 0 Å². The Morgan fingerprint density at radius 1 is 1.39 bits per heavy atom. The van der Waals surface area contributed by atoms with Crippen LogP contribution in [-0.4, -0.2) is 38.5 Å². The number of benzene rings is 1. The number of carbonyl (C=O) groups is 1. The summed E-state index contributed by atoms with van der Waals surface area (Å²) in [5.74, 6) is -0.543. The molecule has 2 N–H and O–H groups in total. The van der Waals surface area contributed by atoms with Gasteiger partial charge in [0.25, 0.3) is 0 Å². The van der Waals surface area contributed by atoms with Crippen LogP contribution in [0.4, 0.5) is 4.39 Å². The molecule has 0 saturated heterocycles. The Bertz CT molecular complexity index is 670. The number of hydroxylamine groups is 1. The number of hydrogen-bond donors (Lipinski definition) is 2. The van der Waals surface area contributed by atoms with Gasteiger partial charge in [-0.15, -0.1) is 5.10 Å². The average Bonchev–Trinajstić information content (AvgIpc) is 2.90. The number of aromatic nitrogens is 3. The van der Waals surface area contributed by atoms with Gasteiger partial charge in [0.15, 0.2) is 0 Å². The minimum atomic E-state index is -0.618. The Labute approximate surface area is 133 Å². The molecule has 1 unspecified atom stereocenters. The number of aryl methyl sites for hydroxylation is 1. The molecule has 0 spiro atoms. The lowest BCUT2D eigenvalue weighted by atomic mass is 10.1. The lowest BCUT2D eigenvalue weighted by Gasteiger charge is -2.17. The summed E-state index contributed by atoms with van der Waals surface area (Å²) in [4.78, 5) is 21.2. The molecule has 0 aliphatic rings. The number of aliphatic hydroxyl groups excluding tert-OH is 1. The largest absolute Gasteiger partial charge is 0.394 e. The first kappa shape index (κ1) is 17.0. The Balaban J connectivity index is 2.11. The fourth-order valence-electron chi connectivity index (χ4n) is 1.87. The molecule has 8 heteroatoms. The summed E-state index contributed by atoms with van der Waals surface area (Å²) in [6.07, 6.45) is -0.515. The number of aliphatic hydroxyl groups is 1. The molecular weight excluding hydrogens is 303 g/mol. The van der Waals surface area contributed by atoms with Crippen LogP contribution in [-0.2, 0) is 4.84 Å². The highest BCUT2D eigenvalue weighted by molar-refractivity contribution is 5.89. The van der Waals surface area contributed by atoms with Crippen molar-refractivity contribution < 1.29 is 19.1 Å². The molecule has 1 amide bonds. The second-order valence-electron chi connectivity index (χ2n) is 5.38. The van der Waals surface area contributed by atoms with Gasteiger partial charge < -0.3 is 5.11 Å². The van der Waals surface area contributed by atoms with E-state index in [1.165, 1.54) is 28.9 Å². The number of amides is 1. The summed E-state index contributed by atoms with van der Waals surface area (Å²) in [5.41, 5.74) is 2.82. The van der Waals surface area contributed by atoms with Gasteiger partial charge in [0, 0.05) is 0 Å². The minimum Gasteiger partial charge on any atom is -0.394 e. The third-order valence-electron chi connectivity index (χ3n) is 3.27. The van der Waals surface area contributed by atoms with Crippen molar-refractivity contribution in [3.05, 3.63) is 41.7 Å². The average molecular weight is 322 g/mol. The Hall–Kier alpha value is -2.32. The topological polar surface area (TPSA) is 89.3 Å². The molecule has 2 aromatic rings. The maximum Gasteiger partial charge on any atom is 0.314 e. The quantitative estimate of drug-likeness (QED) is 0.785. The molecule has 2 rings (SSSR count). The van der Waals surface area contributed by atoms with Crippen molar-refractivity contribution >= 4 is 5.91 Å². The zero-order chi connectivity index (χ0) is 17.0. The number of nitrogens with zero attached hydrogens (tertiary/aromatic N) is 3. The smallest absolute Gasteiger partial charge is 0.314 e. The standard InChI is InChI=1S/C15H19FN4O3/c1-9(2)13(8-21)23-19-15(22)14-17-10(3)20(18-14)12-6-4-11(16)5-7-12/h4-7,9,13,21H,8H2,1-3H3,(H,19,22). The third-order valence-corrected chi connectivity index (χ3v) is 3.27. The van der Waals surface area contributed by atoms with Gasteiger partial charge in [-0.3, -0.25) is 9.63 Å². The molecule has 0 radical (unpaired) electrons. The van der Waals surface area contributed by atoms with Gasteiger partial charge in [0.2, 0.25) is 5.82 Å². The minimum absolute atomic E-state index is 0.0340. The molecule has 1 heterocycles. The second kappa shape index (κ2) is 7.30. The van der Waals surface area contributed by atoms with Crippen molar-refractivity contribution in [2.24, 2.45) is 5.92 Å². The highest BCUT2D eigenvalue weighted by atomic mass is 19.1. The van der Waals surface area contributed by atoms with Gasteiger partial charge in [0.05, 0.1) is 12.3 Å². The summed E-state index contributed by atoms with van der Waals surface area (Å²) in [7, 11) is 0. The van der Waals surface area contributed by atoms with E-state index < -0.39 is 12.0 Å². The normalized spacial score (nSPS) is 12.4. The summed E-state index contributed by atoms with van der Waals surface area (Å²) in [5, 5.41) is 13.2. The van der Waals surface area contributed by atoms with E-state index in [9.17, 15) is 9.18 Å². The van der Waals surface area contributed by atoms with Crippen molar-refractivity contribution in [2.45, 2.75) is 26.9 Å². The fourth-order valence-corrected chi connectivity index (χ4v) is 1.87. The van der Waals surface area contributed by atoms with E-state index in [0.29, 0.717) is 11.5 Å². The van der Waals surface area contributed by atoms with Gasteiger partial charge in [-0.05, 0) is 37.1 Å². The Morgan fingerprint density at radius 2 is 2.04 bits per heavy atom. The molecule has 23 heavy (non-hydrogen) atoms. The predicted octanol–water partition coefficient (Wildman–Crippen LogP) is 1.39. The molecule has 124 valence electrons. The van der Waals surface area contributed by atoms with E-state index in [1.807, 2.05) is 13.8 Å². The third kappa shape index (κ3) is 4.11. The van der Waals surface area contributed by atoms with Gasteiger partial charge in [-0.2, -0.15) is 0 Å². The monoisotopic (exact) mass is 322 g/mol. The van der Waals surface area contributed by atoms with Crippen LogP contribution in [0.25, 0.3) is 5.69 Å². The van der Waals surface area contributed by atoms with Crippen molar-refractivity contribution in [2.75, 3.05) is 6.61 Å². The van der Waals surface area contributed by atoms with E-state index in [0.717, 1.165) is 0 Å². The lowest BCUT2D eigenvalue weighted by molar-refractivity contribution is -0.0606. The van der Waals surface area contributed by atoms with Crippen LogP contribution < -0.4 is 5.48 Å². The highest BCUT2D eigenvalue weighted by Crippen LogP contribution is 2.11. The molecule has 1 aromatic carbocycles. The van der Waals surface area contributed by atoms with Crippen LogP contribution >= 0.6 is 0 Å². The Kier molecular flexibility index (Phi) is 5.41. The Morgan fingerprint density at radius 3 is 2.61 bits per heavy atom. The predicted molar refractivity (Wildman–Crippen MR) is 80.3 cm³/mol. The molecule has 7 nitrogen and oxygen atoms in total. The molecule has 0 fully saturated rings. The van der Waals surface area contributed by atoms with Crippen LogP contribution in [0.1, 0.15) is 30.3 Å². The number of halogens is 1. The van der Waals surface area contributed by atoms with Gasteiger partial charge in [0.1, 0.15) is 17.7 Å². The first-order valence-electron chi connectivity index (χ1n) is 7.18. The summed E-state index contributed by atoms with van der Waals surface area (Å²) in [6, 6.07) is 5.67. The first-order chi connectivity index (χ1) is 10.9. The number of carbonyl (C=O) groups excluding carboxylic acids is 1. The molecule has 0 aliphatic carbocycles. The van der Waals surface area contributed by atoms with E-state index in [-0.39, 0.29) is 24.2 Å². The zero-order valence-electron chi connectivity index (χ0n) is 13.2. The summed E-state index contributed by atoms with van der Waals surface area (Å²) >= 11 is 0.